The summed E-state index contributed by atoms with van der Waals surface area (Å²) >= 11 is 0. The van der Waals surface area contributed by atoms with Crippen LogP contribution in [0.25, 0.3) is 22.6 Å². The highest BCUT2D eigenvalue weighted by Crippen LogP contribution is 2.29. The van der Waals surface area contributed by atoms with E-state index in [0.29, 0.717) is 28.5 Å². The molecular weight excluding hydrogens is 371 g/mol. The number of rotatable bonds is 5. The van der Waals surface area contributed by atoms with Crippen LogP contribution in [-0.4, -0.2) is 24.9 Å². The number of benzene rings is 1. The van der Waals surface area contributed by atoms with Crippen LogP contribution in [0.2, 0.25) is 0 Å². The van der Waals surface area contributed by atoms with Gasteiger partial charge in [-0.05, 0) is 24.3 Å². The van der Waals surface area contributed by atoms with E-state index in [-0.39, 0.29) is 29.7 Å². The van der Waals surface area contributed by atoms with E-state index in [9.17, 15) is 4.39 Å². The van der Waals surface area contributed by atoms with Gasteiger partial charge in [0, 0.05) is 11.8 Å². The second kappa shape index (κ2) is 7.74. The van der Waals surface area contributed by atoms with Gasteiger partial charge >= 0.3 is 0 Å². The minimum absolute atomic E-state index is 0.0964. The van der Waals surface area contributed by atoms with Gasteiger partial charge in [-0.1, -0.05) is 18.2 Å². The van der Waals surface area contributed by atoms with Crippen molar-refractivity contribution in [3.8, 4) is 28.7 Å². The van der Waals surface area contributed by atoms with E-state index >= 15 is 0 Å². The smallest absolute Gasteiger partial charge is 0.225 e. The molecule has 0 unspecified atom stereocenters. The molecule has 0 saturated carbocycles. The van der Waals surface area contributed by atoms with Crippen LogP contribution in [0.4, 0.5) is 16.2 Å². The number of nitriles is 1. The summed E-state index contributed by atoms with van der Waals surface area (Å²) in [4.78, 5) is 20.3. The van der Waals surface area contributed by atoms with Crippen molar-refractivity contribution < 1.29 is 4.39 Å². The Balaban J connectivity index is 1.66. The Morgan fingerprint density at radius 1 is 1.14 bits per heavy atom. The monoisotopic (exact) mass is 386 g/mol. The van der Waals surface area contributed by atoms with Gasteiger partial charge in [0.2, 0.25) is 5.95 Å². The quantitative estimate of drug-likeness (QED) is 0.480. The molecule has 0 atom stereocenters. The van der Waals surface area contributed by atoms with E-state index in [1.807, 2.05) is 24.3 Å². The van der Waals surface area contributed by atoms with Crippen LogP contribution in [0.1, 0.15) is 11.4 Å². The van der Waals surface area contributed by atoms with Gasteiger partial charge in [0.15, 0.2) is 0 Å². The topological polar surface area (TPSA) is 129 Å². The van der Waals surface area contributed by atoms with Crippen LogP contribution < -0.4 is 11.1 Å². The minimum Gasteiger partial charge on any atom is -0.382 e. The predicted octanol–water partition coefficient (Wildman–Crippen LogP) is 3.13. The van der Waals surface area contributed by atoms with E-state index in [4.69, 9.17) is 11.0 Å². The SMILES string of the molecule is N#Cc1cnc(NCc2nc(-c3cccc(F)c3)c(-c3ccccn3)[nH]2)nc1N. The van der Waals surface area contributed by atoms with Crippen LogP contribution >= 0.6 is 0 Å². The molecular formula is C20H15FN8. The molecule has 0 fully saturated rings. The third-order valence-corrected chi connectivity index (χ3v) is 4.12. The maximum atomic E-state index is 13.7. The molecule has 0 radical (unpaired) electrons. The van der Waals surface area contributed by atoms with Crippen molar-refractivity contribution >= 4 is 11.8 Å². The van der Waals surface area contributed by atoms with Gasteiger partial charge in [-0.2, -0.15) is 10.2 Å². The summed E-state index contributed by atoms with van der Waals surface area (Å²) in [6.45, 7) is 0.264. The van der Waals surface area contributed by atoms with Crippen LogP contribution in [0.3, 0.4) is 0 Å². The molecule has 0 saturated heterocycles. The molecule has 4 rings (SSSR count). The van der Waals surface area contributed by atoms with E-state index < -0.39 is 0 Å². The van der Waals surface area contributed by atoms with Gasteiger partial charge in [0.1, 0.15) is 29.1 Å². The van der Waals surface area contributed by atoms with E-state index in [2.05, 4.69) is 30.2 Å². The van der Waals surface area contributed by atoms with Gasteiger partial charge in [-0.25, -0.2) is 14.4 Å². The number of hydrogen-bond acceptors (Lipinski definition) is 7. The summed E-state index contributed by atoms with van der Waals surface area (Å²) in [5.41, 5.74) is 8.50. The second-order valence-corrected chi connectivity index (χ2v) is 6.09. The summed E-state index contributed by atoms with van der Waals surface area (Å²) in [5, 5.41) is 11.9. The van der Waals surface area contributed by atoms with Crippen molar-refractivity contribution in [3.05, 3.63) is 72.1 Å². The van der Waals surface area contributed by atoms with Gasteiger partial charge < -0.3 is 16.0 Å². The standard InChI is InChI=1S/C20H15FN8/c21-14-5-3-4-12(8-14)17-18(15-6-1-2-7-24-15)28-16(27-17)11-26-20-25-10-13(9-22)19(23)29-20/h1-8,10H,11H2,(H,27,28)(H3,23,25,26,29). The van der Waals surface area contributed by atoms with Crippen LogP contribution in [0.5, 0.6) is 0 Å². The number of pyridine rings is 1. The summed E-state index contributed by atoms with van der Waals surface area (Å²) in [5.74, 6) is 0.596. The van der Waals surface area contributed by atoms with Crippen molar-refractivity contribution in [2.75, 3.05) is 11.1 Å². The van der Waals surface area contributed by atoms with Crippen molar-refractivity contribution in [1.82, 2.24) is 24.9 Å². The zero-order valence-electron chi connectivity index (χ0n) is 15.1. The van der Waals surface area contributed by atoms with E-state index in [1.165, 1.54) is 18.3 Å². The maximum Gasteiger partial charge on any atom is 0.225 e. The Kier molecular flexibility index (Phi) is 4.82. The summed E-state index contributed by atoms with van der Waals surface area (Å²) in [6, 6.07) is 13.7. The number of H-pyrrole nitrogens is 1. The molecule has 0 aliphatic carbocycles. The number of halogens is 1. The number of aromatic nitrogens is 5. The van der Waals surface area contributed by atoms with Gasteiger partial charge in [0.25, 0.3) is 0 Å². The molecule has 4 N–H and O–H groups in total. The Bertz CT molecular complexity index is 1200. The molecule has 0 amide bonds. The Labute approximate surface area is 165 Å². The normalized spacial score (nSPS) is 10.5. The van der Waals surface area contributed by atoms with Crippen LogP contribution in [-0.2, 0) is 6.54 Å². The zero-order chi connectivity index (χ0) is 20.2. The zero-order valence-corrected chi connectivity index (χ0v) is 15.1. The average Bonchev–Trinajstić information content (AvgIpc) is 3.17. The number of nitrogens with two attached hydrogens (primary N) is 1. The molecule has 1 aromatic carbocycles. The highest BCUT2D eigenvalue weighted by atomic mass is 19.1. The van der Waals surface area contributed by atoms with Gasteiger partial charge in [0.05, 0.1) is 29.8 Å². The third-order valence-electron chi connectivity index (χ3n) is 4.12. The molecule has 29 heavy (non-hydrogen) atoms. The number of nitrogens with one attached hydrogen (secondary N) is 2. The Morgan fingerprint density at radius 3 is 2.76 bits per heavy atom. The van der Waals surface area contributed by atoms with Gasteiger partial charge in [-0.3, -0.25) is 4.98 Å². The lowest BCUT2D eigenvalue weighted by Gasteiger charge is -2.03. The van der Waals surface area contributed by atoms with E-state index in [1.54, 1.807) is 18.3 Å². The number of imidazole rings is 1. The average molecular weight is 386 g/mol. The summed E-state index contributed by atoms with van der Waals surface area (Å²) < 4.78 is 13.7. The Hall–Kier alpha value is -4.32. The summed E-state index contributed by atoms with van der Waals surface area (Å²) in [7, 11) is 0. The number of aromatic amines is 1. The predicted molar refractivity (Wildman–Crippen MR) is 106 cm³/mol. The van der Waals surface area contributed by atoms with Crippen molar-refractivity contribution in [1.29, 1.82) is 5.26 Å². The molecule has 0 spiro atoms. The second-order valence-electron chi connectivity index (χ2n) is 6.09. The fourth-order valence-electron chi connectivity index (χ4n) is 2.78. The first-order chi connectivity index (χ1) is 14.1. The first-order valence-electron chi connectivity index (χ1n) is 8.67. The highest BCUT2D eigenvalue weighted by molar-refractivity contribution is 5.76. The number of nitrogens with zero attached hydrogens (tertiary/aromatic N) is 5. The first-order valence-corrected chi connectivity index (χ1v) is 8.67. The maximum absolute atomic E-state index is 13.7. The lowest BCUT2D eigenvalue weighted by atomic mass is 10.1. The lowest BCUT2D eigenvalue weighted by Crippen LogP contribution is -2.07. The molecule has 0 aliphatic rings. The van der Waals surface area contributed by atoms with Crippen LogP contribution in [0.15, 0.2) is 54.9 Å². The van der Waals surface area contributed by atoms with E-state index in [0.717, 1.165) is 0 Å². The third kappa shape index (κ3) is 3.86. The fraction of sp³-hybridized carbons (Fsp3) is 0.0500. The minimum atomic E-state index is -0.349. The largest absolute Gasteiger partial charge is 0.382 e. The molecule has 0 aliphatic heterocycles. The Morgan fingerprint density at radius 2 is 2.03 bits per heavy atom. The molecule has 0 bridgehead atoms. The molecule has 3 aromatic heterocycles. The number of anilines is 2. The lowest BCUT2D eigenvalue weighted by molar-refractivity contribution is 0.628. The van der Waals surface area contributed by atoms with Crippen molar-refractivity contribution in [2.45, 2.75) is 6.54 Å². The molecule has 3 heterocycles. The van der Waals surface area contributed by atoms with Crippen LogP contribution in [0, 0.1) is 17.1 Å². The molecule has 8 nitrogen and oxygen atoms in total. The number of nitrogen functional groups attached to an aromatic ring is 1. The van der Waals surface area contributed by atoms with Gasteiger partial charge in [-0.15, -0.1) is 0 Å². The first kappa shape index (κ1) is 18.1. The summed E-state index contributed by atoms with van der Waals surface area (Å²) in [6.07, 6.45) is 3.03. The molecule has 9 heteroatoms. The molecule has 4 aromatic rings. The highest BCUT2D eigenvalue weighted by Gasteiger charge is 2.16. The fourth-order valence-corrected chi connectivity index (χ4v) is 2.78. The molecule has 142 valence electrons. The van der Waals surface area contributed by atoms with Crippen molar-refractivity contribution in [2.24, 2.45) is 0 Å². The number of hydrogen-bond donors (Lipinski definition) is 3. The van der Waals surface area contributed by atoms with Crippen molar-refractivity contribution in [3.63, 3.8) is 0 Å².